The third-order valence-corrected chi connectivity index (χ3v) is 4.36. The summed E-state index contributed by atoms with van der Waals surface area (Å²) in [6.07, 6.45) is 2.47. The van der Waals surface area contributed by atoms with Crippen LogP contribution in [0.15, 0.2) is 22.7 Å². The van der Waals surface area contributed by atoms with Crippen molar-refractivity contribution in [3.05, 3.63) is 28.2 Å². The third kappa shape index (κ3) is 4.55. The molecule has 21 heavy (non-hydrogen) atoms. The fourth-order valence-electron chi connectivity index (χ4n) is 2.68. The van der Waals surface area contributed by atoms with Gasteiger partial charge in [-0.25, -0.2) is 0 Å². The summed E-state index contributed by atoms with van der Waals surface area (Å²) >= 11 is 3.43. The van der Waals surface area contributed by atoms with Gasteiger partial charge in [0.25, 0.3) is 0 Å². The van der Waals surface area contributed by atoms with E-state index in [1.807, 2.05) is 25.1 Å². The standard InChI is InChI=1S/C16H20BrN3O/c1-12-10-14(17)5-6-15(12)19-16(21)13-4-2-8-20(11-13)9-3-7-18/h5-6,10,13H,2-4,8-9,11H2,1H3,(H,19,21). The Bertz CT molecular complexity index is 553. The van der Waals surface area contributed by atoms with Crippen LogP contribution < -0.4 is 5.32 Å². The smallest absolute Gasteiger partial charge is 0.228 e. The van der Waals surface area contributed by atoms with E-state index in [4.69, 9.17) is 5.26 Å². The first-order valence-corrected chi connectivity index (χ1v) is 8.06. The van der Waals surface area contributed by atoms with Gasteiger partial charge in [0.15, 0.2) is 0 Å². The summed E-state index contributed by atoms with van der Waals surface area (Å²) in [6, 6.07) is 8.02. The van der Waals surface area contributed by atoms with Crippen molar-refractivity contribution in [1.29, 1.82) is 5.26 Å². The highest BCUT2D eigenvalue weighted by atomic mass is 79.9. The fourth-order valence-corrected chi connectivity index (χ4v) is 3.16. The normalized spacial score (nSPS) is 19.0. The Kier molecular flexibility index (Phi) is 5.77. The number of anilines is 1. The Hall–Kier alpha value is -1.38. The quantitative estimate of drug-likeness (QED) is 0.906. The van der Waals surface area contributed by atoms with Crippen molar-refractivity contribution in [2.24, 2.45) is 5.92 Å². The molecule has 1 saturated heterocycles. The zero-order chi connectivity index (χ0) is 15.2. The first-order chi connectivity index (χ1) is 10.1. The number of nitrogens with zero attached hydrogens (tertiary/aromatic N) is 2. The predicted octanol–water partition coefficient (Wildman–Crippen LogP) is 3.32. The maximum atomic E-state index is 12.4. The van der Waals surface area contributed by atoms with Gasteiger partial charge in [-0.3, -0.25) is 4.79 Å². The number of rotatable bonds is 4. The maximum absolute atomic E-state index is 12.4. The maximum Gasteiger partial charge on any atom is 0.228 e. The molecule has 1 unspecified atom stereocenters. The van der Waals surface area contributed by atoms with Crippen LogP contribution in [0.3, 0.4) is 0 Å². The molecule has 0 radical (unpaired) electrons. The second-order valence-electron chi connectivity index (χ2n) is 5.50. The molecule has 1 aromatic rings. The van der Waals surface area contributed by atoms with E-state index in [0.717, 1.165) is 48.2 Å². The third-order valence-electron chi connectivity index (χ3n) is 3.86. The van der Waals surface area contributed by atoms with Gasteiger partial charge in [-0.15, -0.1) is 0 Å². The highest BCUT2D eigenvalue weighted by Crippen LogP contribution is 2.23. The summed E-state index contributed by atoms with van der Waals surface area (Å²) in [4.78, 5) is 14.6. The molecule has 1 aromatic carbocycles. The summed E-state index contributed by atoms with van der Waals surface area (Å²) in [7, 11) is 0. The van der Waals surface area contributed by atoms with Crippen molar-refractivity contribution in [3.63, 3.8) is 0 Å². The first kappa shape index (κ1) is 16.0. The van der Waals surface area contributed by atoms with E-state index < -0.39 is 0 Å². The molecule has 0 aromatic heterocycles. The van der Waals surface area contributed by atoms with Gasteiger partial charge in [0.1, 0.15) is 0 Å². The van der Waals surface area contributed by atoms with Crippen molar-refractivity contribution in [2.45, 2.75) is 26.2 Å². The number of benzene rings is 1. The Morgan fingerprint density at radius 2 is 2.38 bits per heavy atom. The van der Waals surface area contributed by atoms with Gasteiger partial charge in [0.2, 0.25) is 5.91 Å². The molecule has 112 valence electrons. The fraction of sp³-hybridized carbons (Fsp3) is 0.500. The van der Waals surface area contributed by atoms with Crippen LogP contribution in [-0.2, 0) is 4.79 Å². The van der Waals surface area contributed by atoms with Crippen molar-refractivity contribution in [1.82, 2.24) is 4.90 Å². The second-order valence-corrected chi connectivity index (χ2v) is 6.41. The van der Waals surface area contributed by atoms with E-state index in [1.165, 1.54) is 0 Å². The predicted molar refractivity (Wildman–Crippen MR) is 86.9 cm³/mol. The molecular formula is C16H20BrN3O. The number of halogens is 1. The molecule has 0 bridgehead atoms. The van der Waals surface area contributed by atoms with Gasteiger partial charge in [0.05, 0.1) is 12.0 Å². The molecule has 1 atom stereocenters. The van der Waals surface area contributed by atoms with Crippen LogP contribution in [0.2, 0.25) is 0 Å². The topological polar surface area (TPSA) is 56.1 Å². The van der Waals surface area contributed by atoms with Crippen molar-refractivity contribution < 1.29 is 4.79 Å². The summed E-state index contributed by atoms with van der Waals surface area (Å²) in [6.45, 7) is 4.49. The lowest BCUT2D eigenvalue weighted by atomic mass is 9.96. The van der Waals surface area contributed by atoms with Crippen LogP contribution in [0.1, 0.15) is 24.8 Å². The van der Waals surface area contributed by atoms with Gasteiger partial charge < -0.3 is 10.2 Å². The summed E-state index contributed by atoms with van der Waals surface area (Å²) in [5.74, 6) is 0.0996. The molecule has 1 heterocycles. The number of nitriles is 1. The van der Waals surface area contributed by atoms with Gasteiger partial charge in [-0.1, -0.05) is 15.9 Å². The van der Waals surface area contributed by atoms with Gasteiger partial charge in [-0.2, -0.15) is 5.26 Å². The number of carbonyl (C=O) groups is 1. The highest BCUT2D eigenvalue weighted by molar-refractivity contribution is 9.10. The molecule has 0 saturated carbocycles. The highest BCUT2D eigenvalue weighted by Gasteiger charge is 2.25. The van der Waals surface area contributed by atoms with Crippen LogP contribution in [0, 0.1) is 24.2 Å². The van der Waals surface area contributed by atoms with Crippen LogP contribution in [0.5, 0.6) is 0 Å². The summed E-state index contributed by atoms with van der Waals surface area (Å²) in [5, 5.41) is 11.7. The molecule has 1 fully saturated rings. The Balaban J connectivity index is 1.95. The number of nitrogens with one attached hydrogen (secondary N) is 1. The molecule has 5 heteroatoms. The zero-order valence-corrected chi connectivity index (χ0v) is 13.8. The van der Waals surface area contributed by atoms with Gasteiger partial charge >= 0.3 is 0 Å². The number of likely N-dealkylation sites (tertiary alicyclic amines) is 1. The van der Waals surface area contributed by atoms with Gasteiger partial charge in [-0.05, 0) is 50.1 Å². The average Bonchev–Trinajstić information content (AvgIpc) is 2.48. The van der Waals surface area contributed by atoms with Crippen molar-refractivity contribution in [3.8, 4) is 6.07 Å². The molecule has 1 aliphatic heterocycles. The van der Waals surface area contributed by atoms with Gasteiger partial charge in [0, 0.05) is 29.7 Å². The number of hydrogen-bond acceptors (Lipinski definition) is 3. The molecule has 2 rings (SSSR count). The zero-order valence-electron chi connectivity index (χ0n) is 12.2. The molecule has 1 N–H and O–H groups in total. The molecule has 4 nitrogen and oxygen atoms in total. The van der Waals surface area contributed by atoms with E-state index in [1.54, 1.807) is 0 Å². The molecular weight excluding hydrogens is 330 g/mol. The average molecular weight is 350 g/mol. The van der Waals surface area contributed by atoms with Crippen LogP contribution in [0.25, 0.3) is 0 Å². The number of amides is 1. The molecule has 0 spiro atoms. The summed E-state index contributed by atoms with van der Waals surface area (Å²) < 4.78 is 1.01. The van der Waals surface area contributed by atoms with E-state index >= 15 is 0 Å². The van der Waals surface area contributed by atoms with E-state index in [-0.39, 0.29) is 11.8 Å². The van der Waals surface area contributed by atoms with E-state index in [9.17, 15) is 4.79 Å². The number of carbonyl (C=O) groups excluding carboxylic acids is 1. The lowest BCUT2D eigenvalue weighted by molar-refractivity contribution is -0.121. The Morgan fingerprint density at radius 3 is 3.10 bits per heavy atom. The number of hydrogen-bond donors (Lipinski definition) is 1. The van der Waals surface area contributed by atoms with E-state index in [0.29, 0.717) is 6.42 Å². The summed E-state index contributed by atoms with van der Waals surface area (Å²) in [5.41, 5.74) is 1.92. The minimum atomic E-state index is 0.0143. The molecule has 0 aliphatic carbocycles. The number of aryl methyl sites for hydroxylation is 1. The van der Waals surface area contributed by atoms with Crippen LogP contribution >= 0.6 is 15.9 Å². The molecule has 1 amide bonds. The first-order valence-electron chi connectivity index (χ1n) is 7.26. The van der Waals surface area contributed by atoms with Crippen molar-refractivity contribution in [2.75, 3.05) is 25.0 Å². The van der Waals surface area contributed by atoms with Crippen LogP contribution in [-0.4, -0.2) is 30.4 Å². The van der Waals surface area contributed by atoms with Crippen molar-refractivity contribution >= 4 is 27.5 Å². The van der Waals surface area contributed by atoms with E-state index in [2.05, 4.69) is 32.2 Å². The second kappa shape index (κ2) is 7.58. The minimum Gasteiger partial charge on any atom is -0.326 e. The Morgan fingerprint density at radius 1 is 1.57 bits per heavy atom. The lowest BCUT2D eigenvalue weighted by Gasteiger charge is -2.31. The minimum absolute atomic E-state index is 0.0143. The largest absolute Gasteiger partial charge is 0.326 e. The molecule has 1 aliphatic rings. The SMILES string of the molecule is Cc1cc(Br)ccc1NC(=O)C1CCCN(CCC#N)C1. The van der Waals surface area contributed by atoms with Crippen LogP contribution in [0.4, 0.5) is 5.69 Å². The number of piperidine rings is 1. The Labute approximate surface area is 134 Å². The monoisotopic (exact) mass is 349 g/mol. The lowest BCUT2D eigenvalue weighted by Crippen LogP contribution is -2.41.